The van der Waals surface area contributed by atoms with Crippen molar-refractivity contribution in [2.75, 3.05) is 18.1 Å². The van der Waals surface area contributed by atoms with Gasteiger partial charge in [-0.2, -0.15) is 4.98 Å². The van der Waals surface area contributed by atoms with Gasteiger partial charge in [-0.15, -0.1) is 0 Å². The minimum atomic E-state index is -0.185. The molecule has 0 unspecified atom stereocenters. The minimum absolute atomic E-state index is 0.0187. The van der Waals surface area contributed by atoms with Crippen LogP contribution in [-0.2, 0) is 16.1 Å². The van der Waals surface area contributed by atoms with Gasteiger partial charge in [0.1, 0.15) is 6.10 Å². The van der Waals surface area contributed by atoms with Crippen LogP contribution in [0.4, 0.5) is 5.82 Å². The van der Waals surface area contributed by atoms with Crippen molar-refractivity contribution >= 4 is 11.7 Å². The van der Waals surface area contributed by atoms with Crippen molar-refractivity contribution in [1.29, 1.82) is 0 Å². The van der Waals surface area contributed by atoms with Gasteiger partial charge in [0.2, 0.25) is 0 Å². The zero-order valence-electron chi connectivity index (χ0n) is 11.8. The van der Waals surface area contributed by atoms with Gasteiger partial charge >= 0.3 is 0 Å². The van der Waals surface area contributed by atoms with Gasteiger partial charge in [0.25, 0.3) is 11.8 Å². The summed E-state index contributed by atoms with van der Waals surface area (Å²) in [5, 5.41) is 3.93. The van der Waals surface area contributed by atoms with Gasteiger partial charge in [-0.25, -0.2) is 4.98 Å². The van der Waals surface area contributed by atoms with Crippen LogP contribution in [0.25, 0.3) is 0 Å². The van der Waals surface area contributed by atoms with Crippen LogP contribution >= 0.6 is 0 Å². The highest BCUT2D eigenvalue weighted by atomic mass is 16.5. The molecule has 0 spiro atoms. The zero-order valence-corrected chi connectivity index (χ0v) is 11.8. The van der Waals surface area contributed by atoms with Crippen LogP contribution in [0, 0.1) is 0 Å². The molecule has 8 heteroatoms. The number of pyridine rings is 1. The maximum absolute atomic E-state index is 12.1. The first kappa shape index (κ1) is 13.2. The summed E-state index contributed by atoms with van der Waals surface area (Å²) in [6.07, 6.45) is 3.35. The van der Waals surface area contributed by atoms with E-state index in [-0.39, 0.29) is 25.2 Å². The lowest BCUT2D eigenvalue weighted by Crippen LogP contribution is -2.39. The van der Waals surface area contributed by atoms with Gasteiger partial charge in [-0.05, 0) is 25.0 Å². The molecule has 0 saturated carbocycles. The van der Waals surface area contributed by atoms with E-state index >= 15 is 0 Å². The molecule has 0 aromatic carbocycles. The van der Waals surface area contributed by atoms with Crippen LogP contribution in [0.3, 0.4) is 0 Å². The summed E-state index contributed by atoms with van der Waals surface area (Å²) in [5.41, 5.74) is 0. The SMILES string of the molecule is O=C1COc2cccnc2N1Cc1noc([C@@H]2CCCO2)n1. The monoisotopic (exact) mass is 302 g/mol. The van der Waals surface area contributed by atoms with E-state index in [9.17, 15) is 4.79 Å². The van der Waals surface area contributed by atoms with Crippen molar-refractivity contribution < 1.29 is 18.8 Å². The van der Waals surface area contributed by atoms with Crippen molar-refractivity contribution in [3.8, 4) is 5.75 Å². The normalized spacial score (nSPS) is 20.8. The highest BCUT2D eigenvalue weighted by molar-refractivity contribution is 5.96. The zero-order chi connectivity index (χ0) is 14.9. The molecule has 2 aromatic rings. The Morgan fingerprint density at radius 3 is 3.23 bits per heavy atom. The molecule has 2 aliphatic rings. The summed E-state index contributed by atoms with van der Waals surface area (Å²) in [6.45, 7) is 0.888. The van der Waals surface area contributed by atoms with Crippen LogP contribution in [0.5, 0.6) is 5.75 Å². The number of fused-ring (bicyclic) bond motifs is 1. The first-order valence-electron chi connectivity index (χ1n) is 7.13. The van der Waals surface area contributed by atoms with Crippen LogP contribution < -0.4 is 9.64 Å². The molecule has 1 atom stereocenters. The van der Waals surface area contributed by atoms with E-state index in [1.54, 1.807) is 18.3 Å². The molecular weight excluding hydrogens is 288 g/mol. The van der Waals surface area contributed by atoms with Crippen LogP contribution in [0.2, 0.25) is 0 Å². The summed E-state index contributed by atoms with van der Waals surface area (Å²) < 4.78 is 16.1. The van der Waals surface area contributed by atoms with E-state index in [1.807, 2.05) is 0 Å². The molecule has 114 valence electrons. The molecule has 8 nitrogen and oxygen atoms in total. The number of hydrogen-bond donors (Lipinski definition) is 0. The number of aromatic nitrogens is 3. The maximum Gasteiger partial charge on any atom is 0.266 e. The molecule has 1 fully saturated rings. The van der Waals surface area contributed by atoms with E-state index in [2.05, 4.69) is 15.1 Å². The molecular formula is C14H14N4O4. The lowest BCUT2D eigenvalue weighted by molar-refractivity contribution is -0.121. The second-order valence-corrected chi connectivity index (χ2v) is 5.14. The Kier molecular flexibility index (Phi) is 3.23. The molecule has 4 heterocycles. The van der Waals surface area contributed by atoms with Crippen LogP contribution in [-0.4, -0.2) is 34.2 Å². The summed E-state index contributed by atoms with van der Waals surface area (Å²) in [5.74, 6) is 1.76. The number of hydrogen-bond acceptors (Lipinski definition) is 7. The Morgan fingerprint density at radius 1 is 1.41 bits per heavy atom. The fourth-order valence-corrected chi connectivity index (χ4v) is 2.57. The van der Waals surface area contributed by atoms with E-state index < -0.39 is 0 Å². The van der Waals surface area contributed by atoms with Crippen molar-refractivity contribution in [2.45, 2.75) is 25.5 Å². The fraction of sp³-hybridized carbons (Fsp3) is 0.429. The smallest absolute Gasteiger partial charge is 0.266 e. The van der Waals surface area contributed by atoms with Gasteiger partial charge in [-0.3, -0.25) is 9.69 Å². The van der Waals surface area contributed by atoms with Crippen LogP contribution in [0.1, 0.15) is 30.7 Å². The quantitative estimate of drug-likeness (QED) is 0.842. The van der Waals surface area contributed by atoms with Gasteiger partial charge in [0, 0.05) is 12.8 Å². The molecule has 0 aliphatic carbocycles. The summed E-state index contributed by atoms with van der Waals surface area (Å²) in [6, 6.07) is 3.53. The van der Waals surface area contributed by atoms with E-state index in [0.29, 0.717) is 29.9 Å². The predicted molar refractivity (Wildman–Crippen MR) is 73.1 cm³/mol. The number of carbonyl (C=O) groups is 1. The van der Waals surface area contributed by atoms with E-state index in [0.717, 1.165) is 12.8 Å². The summed E-state index contributed by atoms with van der Waals surface area (Å²) in [7, 11) is 0. The number of rotatable bonds is 3. The average molecular weight is 302 g/mol. The molecule has 1 amide bonds. The summed E-state index contributed by atoms with van der Waals surface area (Å²) in [4.78, 5) is 22.1. The molecule has 0 radical (unpaired) electrons. The van der Waals surface area contributed by atoms with Gasteiger partial charge < -0.3 is 14.0 Å². The number of carbonyl (C=O) groups excluding carboxylic acids is 1. The number of anilines is 1. The fourth-order valence-electron chi connectivity index (χ4n) is 2.57. The average Bonchev–Trinajstić information content (AvgIpc) is 3.21. The Morgan fingerprint density at radius 2 is 2.36 bits per heavy atom. The summed E-state index contributed by atoms with van der Waals surface area (Å²) >= 11 is 0. The highest BCUT2D eigenvalue weighted by Crippen LogP contribution is 2.31. The van der Waals surface area contributed by atoms with Gasteiger partial charge in [0.05, 0.1) is 6.54 Å². The molecule has 22 heavy (non-hydrogen) atoms. The Balaban J connectivity index is 1.56. The third-order valence-corrected chi connectivity index (χ3v) is 3.65. The largest absolute Gasteiger partial charge is 0.480 e. The molecule has 2 aromatic heterocycles. The Labute approximate surface area is 126 Å². The van der Waals surface area contributed by atoms with Crippen molar-refractivity contribution in [3.63, 3.8) is 0 Å². The third kappa shape index (κ3) is 2.31. The number of nitrogens with zero attached hydrogens (tertiary/aromatic N) is 4. The van der Waals surface area contributed by atoms with Crippen molar-refractivity contribution in [3.05, 3.63) is 30.0 Å². The van der Waals surface area contributed by atoms with Gasteiger partial charge in [0.15, 0.2) is 24.0 Å². The van der Waals surface area contributed by atoms with Crippen LogP contribution in [0.15, 0.2) is 22.9 Å². The molecule has 0 N–H and O–H groups in total. The lowest BCUT2D eigenvalue weighted by Gasteiger charge is -2.26. The third-order valence-electron chi connectivity index (χ3n) is 3.65. The van der Waals surface area contributed by atoms with Crippen molar-refractivity contribution in [1.82, 2.24) is 15.1 Å². The maximum atomic E-state index is 12.1. The molecule has 4 rings (SSSR count). The highest BCUT2D eigenvalue weighted by Gasteiger charge is 2.29. The molecule has 0 bridgehead atoms. The second-order valence-electron chi connectivity index (χ2n) is 5.14. The second kappa shape index (κ2) is 5.38. The van der Waals surface area contributed by atoms with E-state index in [1.165, 1.54) is 4.90 Å². The Hall–Kier alpha value is -2.48. The molecule has 1 saturated heterocycles. The lowest BCUT2D eigenvalue weighted by atomic mass is 10.2. The topological polar surface area (TPSA) is 90.6 Å². The predicted octanol–water partition coefficient (Wildman–Crippen LogP) is 1.24. The minimum Gasteiger partial charge on any atom is -0.480 e. The van der Waals surface area contributed by atoms with Gasteiger partial charge in [-0.1, -0.05) is 5.16 Å². The van der Waals surface area contributed by atoms with Crippen molar-refractivity contribution in [2.24, 2.45) is 0 Å². The molecule has 2 aliphatic heterocycles. The number of ether oxygens (including phenoxy) is 2. The Bertz CT molecular complexity index is 696. The van der Waals surface area contributed by atoms with E-state index in [4.69, 9.17) is 14.0 Å². The number of amides is 1. The standard InChI is InChI=1S/C14H14N4O4/c19-12-8-21-9-3-1-5-15-13(9)18(12)7-11-16-14(22-17-11)10-4-2-6-20-10/h1,3,5,10H,2,4,6-8H2/t10-/m0/s1. The first-order chi connectivity index (χ1) is 10.8. The first-order valence-corrected chi connectivity index (χ1v) is 7.13.